The number of hydrogen-bond donors (Lipinski definition) is 3. The minimum Gasteiger partial charge on any atom is -0.480 e. The van der Waals surface area contributed by atoms with E-state index in [-0.39, 0.29) is 21.9 Å². The maximum absolute atomic E-state index is 13.0. The van der Waals surface area contributed by atoms with Gasteiger partial charge >= 0.3 is 5.97 Å². The number of nitrogens with one attached hydrogen (secondary N) is 2. The van der Waals surface area contributed by atoms with E-state index in [0.29, 0.717) is 13.1 Å². The first kappa shape index (κ1) is 23.3. The lowest BCUT2D eigenvalue weighted by atomic mass is 10.0. The summed E-state index contributed by atoms with van der Waals surface area (Å²) in [5.74, 6) is -1.95. The number of nitrogens with zero attached hydrogens (tertiary/aromatic N) is 1. The zero-order valence-corrected chi connectivity index (χ0v) is 19.3. The highest BCUT2D eigenvalue weighted by molar-refractivity contribution is 7.89. The number of amides is 1. The van der Waals surface area contributed by atoms with Gasteiger partial charge < -0.3 is 15.4 Å². The Balaban J connectivity index is 1.57. The molecular formula is C23H24ClN3O5S. The SMILES string of the molecule is O=C(NC(Cc1c[nH]c2ccccc12)C(=O)O)c1cc(S(=O)(=O)N2CCCCC2)ccc1Cl. The molecule has 1 fully saturated rings. The van der Waals surface area contributed by atoms with E-state index >= 15 is 0 Å². The maximum Gasteiger partial charge on any atom is 0.326 e. The Morgan fingerprint density at radius 3 is 2.58 bits per heavy atom. The van der Waals surface area contributed by atoms with E-state index in [1.54, 1.807) is 6.20 Å². The average Bonchev–Trinajstić information content (AvgIpc) is 3.22. The number of carboxylic acid groups (broad SMARTS) is 1. The van der Waals surface area contributed by atoms with Gasteiger partial charge in [0.2, 0.25) is 10.0 Å². The number of aromatic amines is 1. The fourth-order valence-corrected chi connectivity index (χ4v) is 5.80. The Labute approximate surface area is 196 Å². The highest BCUT2D eigenvalue weighted by Gasteiger charge is 2.28. The molecule has 1 aliphatic rings. The first-order valence-corrected chi connectivity index (χ1v) is 12.5. The molecule has 33 heavy (non-hydrogen) atoms. The van der Waals surface area contributed by atoms with Crippen molar-refractivity contribution in [3.05, 3.63) is 64.8 Å². The number of hydrogen-bond acceptors (Lipinski definition) is 4. The first-order chi connectivity index (χ1) is 15.8. The van der Waals surface area contributed by atoms with Crippen molar-refractivity contribution in [2.45, 2.75) is 36.6 Å². The van der Waals surface area contributed by atoms with Gasteiger partial charge in [0.25, 0.3) is 5.91 Å². The monoisotopic (exact) mass is 489 g/mol. The number of H-pyrrole nitrogens is 1. The van der Waals surface area contributed by atoms with E-state index in [0.717, 1.165) is 35.7 Å². The number of piperidine rings is 1. The Morgan fingerprint density at radius 2 is 1.85 bits per heavy atom. The molecule has 174 valence electrons. The van der Waals surface area contributed by atoms with Crippen molar-refractivity contribution < 1.29 is 23.1 Å². The number of aliphatic carboxylic acids is 1. The summed E-state index contributed by atoms with van der Waals surface area (Å²) in [6, 6.07) is 10.2. The molecule has 8 nitrogen and oxygen atoms in total. The topological polar surface area (TPSA) is 120 Å². The van der Waals surface area contributed by atoms with Crippen molar-refractivity contribution in [2.75, 3.05) is 13.1 Å². The van der Waals surface area contributed by atoms with Crippen molar-refractivity contribution in [3.8, 4) is 0 Å². The van der Waals surface area contributed by atoms with E-state index in [1.807, 2.05) is 24.3 Å². The van der Waals surface area contributed by atoms with Gasteiger partial charge in [0.05, 0.1) is 15.5 Å². The molecule has 1 aliphatic heterocycles. The predicted octanol–water partition coefficient (Wildman–Crippen LogP) is 3.42. The molecule has 1 aromatic heterocycles. The lowest BCUT2D eigenvalue weighted by Crippen LogP contribution is -2.42. The number of carboxylic acids is 1. The molecule has 1 atom stereocenters. The summed E-state index contributed by atoms with van der Waals surface area (Å²) in [5, 5.41) is 13.1. The van der Waals surface area contributed by atoms with Gasteiger partial charge in [-0.3, -0.25) is 4.79 Å². The van der Waals surface area contributed by atoms with Crippen LogP contribution in [0.3, 0.4) is 0 Å². The third-order valence-corrected chi connectivity index (χ3v) is 8.06. The van der Waals surface area contributed by atoms with Gasteiger partial charge in [-0.2, -0.15) is 4.31 Å². The van der Waals surface area contributed by atoms with Crippen LogP contribution in [0.4, 0.5) is 0 Å². The molecule has 3 aromatic rings. The van der Waals surface area contributed by atoms with Crippen LogP contribution >= 0.6 is 11.6 Å². The summed E-state index contributed by atoms with van der Waals surface area (Å²) in [5.41, 5.74) is 1.52. The molecule has 0 spiro atoms. The fourth-order valence-electron chi connectivity index (χ4n) is 4.05. The molecule has 1 unspecified atom stereocenters. The van der Waals surface area contributed by atoms with Crippen LogP contribution in [-0.2, 0) is 21.2 Å². The second kappa shape index (κ2) is 9.54. The normalized spacial score (nSPS) is 15.9. The summed E-state index contributed by atoms with van der Waals surface area (Å²) >= 11 is 6.19. The summed E-state index contributed by atoms with van der Waals surface area (Å²) in [6.45, 7) is 0.858. The van der Waals surface area contributed by atoms with Crippen LogP contribution in [0.1, 0.15) is 35.2 Å². The second-order valence-corrected chi connectivity index (χ2v) is 10.4. The molecule has 1 saturated heterocycles. The number of carbonyl (C=O) groups is 2. The lowest BCUT2D eigenvalue weighted by molar-refractivity contribution is -0.139. The summed E-state index contributed by atoms with van der Waals surface area (Å²) in [4.78, 5) is 27.9. The van der Waals surface area contributed by atoms with Crippen LogP contribution in [0.2, 0.25) is 5.02 Å². The van der Waals surface area contributed by atoms with Crippen molar-refractivity contribution in [3.63, 3.8) is 0 Å². The molecule has 2 heterocycles. The molecule has 0 radical (unpaired) electrons. The highest BCUT2D eigenvalue weighted by Crippen LogP contribution is 2.25. The Morgan fingerprint density at radius 1 is 1.12 bits per heavy atom. The van der Waals surface area contributed by atoms with Gasteiger partial charge in [-0.25, -0.2) is 13.2 Å². The maximum atomic E-state index is 13.0. The van der Waals surface area contributed by atoms with E-state index in [2.05, 4.69) is 10.3 Å². The number of benzene rings is 2. The molecule has 0 bridgehead atoms. The predicted molar refractivity (Wildman–Crippen MR) is 125 cm³/mol. The third kappa shape index (κ3) is 4.90. The van der Waals surface area contributed by atoms with Gasteiger partial charge in [-0.15, -0.1) is 0 Å². The number of sulfonamides is 1. The van der Waals surface area contributed by atoms with Gasteiger partial charge in [-0.1, -0.05) is 36.2 Å². The molecule has 10 heteroatoms. The summed E-state index contributed by atoms with van der Waals surface area (Å²) in [6.07, 6.45) is 4.32. The average molecular weight is 490 g/mol. The number of para-hydroxylation sites is 1. The highest BCUT2D eigenvalue weighted by atomic mass is 35.5. The number of rotatable bonds is 7. The molecule has 0 aliphatic carbocycles. The van der Waals surface area contributed by atoms with Crippen molar-refractivity contribution >= 4 is 44.4 Å². The number of carbonyl (C=O) groups excluding carboxylic acids is 1. The second-order valence-electron chi connectivity index (χ2n) is 8.03. The quantitative estimate of drug-likeness (QED) is 0.469. The van der Waals surface area contributed by atoms with Crippen LogP contribution in [0.25, 0.3) is 10.9 Å². The van der Waals surface area contributed by atoms with Crippen LogP contribution in [0.5, 0.6) is 0 Å². The smallest absolute Gasteiger partial charge is 0.326 e. The first-order valence-electron chi connectivity index (χ1n) is 10.7. The van der Waals surface area contributed by atoms with Crippen LogP contribution in [0, 0.1) is 0 Å². The standard InChI is InChI=1S/C23H24ClN3O5S/c24-19-9-8-16(33(31,32)27-10-4-1-5-11-27)13-18(19)22(28)26-21(23(29)30)12-15-14-25-20-7-3-2-6-17(15)20/h2-3,6-9,13-14,21,25H,1,4-5,10-12H2,(H,26,28)(H,29,30). The largest absolute Gasteiger partial charge is 0.480 e. The minimum atomic E-state index is -3.77. The molecule has 3 N–H and O–H groups in total. The number of aromatic nitrogens is 1. The van der Waals surface area contributed by atoms with Crippen molar-refractivity contribution in [2.24, 2.45) is 0 Å². The van der Waals surface area contributed by atoms with E-state index in [4.69, 9.17) is 11.6 Å². The van der Waals surface area contributed by atoms with Crippen LogP contribution < -0.4 is 5.32 Å². The zero-order chi connectivity index (χ0) is 23.6. The van der Waals surface area contributed by atoms with Gasteiger partial charge in [0, 0.05) is 36.6 Å². The van der Waals surface area contributed by atoms with Crippen molar-refractivity contribution in [1.29, 1.82) is 0 Å². The van der Waals surface area contributed by atoms with Gasteiger partial charge in [-0.05, 0) is 42.7 Å². The van der Waals surface area contributed by atoms with Crippen molar-refractivity contribution in [1.82, 2.24) is 14.6 Å². The van der Waals surface area contributed by atoms with Gasteiger partial charge in [0.1, 0.15) is 6.04 Å². The fraction of sp³-hybridized carbons (Fsp3) is 0.304. The summed E-state index contributed by atoms with van der Waals surface area (Å²) < 4.78 is 27.4. The third-order valence-electron chi connectivity index (χ3n) is 5.84. The molecule has 1 amide bonds. The number of halogens is 1. The van der Waals surface area contributed by atoms with E-state index in [9.17, 15) is 23.1 Å². The summed E-state index contributed by atoms with van der Waals surface area (Å²) in [7, 11) is -3.77. The van der Waals surface area contributed by atoms with E-state index in [1.165, 1.54) is 22.5 Å². The molecular weight excluding hydrogens is 466 g/mol. The number of fused-ring (bicyclic) bond motifs is 1. The Hall–Kier alpha value is -2.88. The minimum absolute atomic E-state index is 0.0394. The van der Waals surface area contributed by atoms with Gasteiger partial charge in [0.15, 0.2) is 0 Å². The van der Waals surface area contributed by atoms with E-state index < -0.39 is 27.9 Å². The lowest BCUT2D eigenvalue weighted by Gasteiger charge is -2.26. The zero-order valence-electron chi connectivity index (χ0n) is 17.8. The van der Waals surface area contributed by atoms with Crippen LogP contribution in [-0.4, -0.2) is 53.8 Å². The van der Waals surface area contributed by atoms with Crippen LogP contribution in [0.15, 0.2) is 53.6 Å². The molecule has 0 saturated carbocycles. The molecule has 2 aromatic carbocycles. The molecule has 4 rings (SSSR count). The Bertz CT molecular complexity index is 1300. The Kier molecular flexibility index (Phi) is 6.73.